The summed E-state index contributed by atoms with van der Waals surface area (Å²) in [5.41, 5.74) is 2.07. The fraction of sp³-hybridized carbons (Fsp3) is 0.292. The van der Waals surface area contributed by atoms with E-state index >= 15 is 0 Å². The SMILES string of the molecule is CC1(C)CCCOc2c(Nc3ncc(Cl)c([AsH]c4ccccc4OCC#N)n3)cccc21. The van der Waals surface area contributed by atoms with Gasteiger partial charge < -0.3 is 0 Å². The number of nitrogens with zero attached hydrogens (tertiary/aromatic N) is 3. The summed E-state index contributed by atoms with van der Waals surface area (Å²) < 4.78 is 13.5. The van der Waals surface area contributed by atoms with Gasteiger partial charge in [-0.1, -0.05) is 0 Å². The zero-order chi connectivity index (χ0) is 22.6. The molecule has 2 aromatic carbocycles. The first kappa shape index (κ1) is 22.5. The van der Waals surface area contributed by atoms with Crippen LogP contribution in [0, 0.1) is 11.3 Å². The molecule has 0 bridgehead atoms. The number of hydrogen-bond acceptors (Lipinski definition) is 6. The van der Waals surface area contributed by atoms with Crippen LogP contribution in [0.1, 0.15) is 32.3 Å². The van der Waals surface area contributed by atoms with Crippen LogP contribution in [0.15, 0.2) is 48.7 Å². The fourth-order valence-corrected chi connectivity index (χ4v) is 6.27. The summed E-state index contributed by atoms with van der Waals surface area (Å²) >= 11 is 5.53. The maximum atomic E-state index is 8.84. The van der Waals surface area contributed by atoms with Crippen LogP contribution in [0.2, 0.25) is 5.02 Å². The van der Waals surface area contributed by atoms with Gasteiger partial charge in [0, 0.05) is 0 Å². The van der Waals surface area contributed by atoms with Gasteiger partial charge in [0.1, 0.15) is 0 Å². The number of halogens is 1. The number of para-hydroxylation sites is 2. The Hall–Kier alpha value is -2.74. The Morgan fingerprint density at radius 2 is 2.09 bits per heavy atom. The van der Waals surface area contributed by atoms with Gasteiger partial charge in [0.05, 0.1) is 0 Å². The number of anilines is 2. The van der Waals surface area contributed by atoms with Crippen LogP contribution in [0.3, 0.4) is 0 Å². The molecule has 0 radical (unpaired) electrons. The summed E-state index contributed by atoms with van der Waals surface area (Å²) in [6, 6.07) is 15.8. The zero-order valence-corrected chi connectivity index (χ0v) is 20.8. The predicted molar refractivity (Wildman–Crippen MR) is 128 cm³/mol. The molecule has 1 unspecified atom stereocenters. The van der Waals surface area contributed by atoms with Gasteiger partial charge in [-0.25, -0.2) is 0 Å². The Bertz CT molecular complexity index is 1160. The average molecular weight is 511 g/mol. The second-order valence-electron chi connectivity index (χ2n) is 8.10. The number of hydrogen-bond donors (Lipinski definition) is 1. The summed E-state index contributed by atoms with van der Waals surface area (Å²) in [5, 5.41) is 12.7. The van der Waals surface area contributed by atoms with E-state index in [1.165, 1.54) is 5.56 Å². The quantitative estimate of drug-likeness (QED) is 0.510. The average Bonchev–Trinajstić information content (AvgIpc) is 2.94. The number of nitriles is 1. The molecule has 1 aliphatic rings. The topological polar surface area (TPSA) is 80.1 Å². The van der Waals surface area contributed by atoms with Gasteiger partial charge in [-0.15, -0.1) is 0 Å². The van der Waals surface area contributed by atoms with Gasteiger partial charge in [0.25, 0.3) is 0 Å². The summed E-state index contributed by atoms with van der Waals surface area (Å²) in [5.74, 6) is 2.03. The minimum atomic E-state index is -0.908. The van der Waals surface area contributed by atoms with Gasteiger partial charge in [-0.05, 0) is 0 Å². The van der Waals surface area contributed by atoms with Crippen LogP contribution >= 0.6 is 11.6 Å². The maximum absolute atomic E-state index is 8.84. The summed E-state index contributed by atoms with van der Waals surface area (Å²) in [7, 11) is 0. The van der Waals surface area contributed by atoms with Crippen molar-refractivity contribution >= 4 is 47.8 Å². The Morgan fingerprint density at radius 3 is 2.94 bits per heavy atom. The molecule has 164 valence electrons. The minimum absolute atomic E-state index is 0.00293. The molecule has 1 atom stereocenters. The van der Waals surface area contributed by atoms with E-state index < -0.39 is 15.8 Å². The van der Waals surface area contributed by atoms with Crippen molar-refractivity contribution in [3.8, 4) is 17.6 Å². The second-order valence-corrected chi connectivity index (χ2v) is 11.2. The number of fused-ring (bicyclic) bond motifs is 1. The zero-order valence-electron chi connectivity index (χ0n) is 18.0. The van der Waals surface area contributed by atoms with E-state index in [0.717, 1.165) is 33.1 Å². The van der Waals surface area contributed by atoms with Gasteiger partial charge in [0.15, 0.2) is 0 Å². The van der Waals surface area contributed by atoms with E-state index in [0.29, 0.717) is 23.3 Å². The van der Waals surface area contributed by atoms with E-state index in [1.807, 2.05) is 42.5 Å². The van der Waals surface area contributed by atoms with Crippen molar-refractivity contribution in [2.75, 3.05) is 18.5 Å². The Kier molecular flexibility index (Phi) is 6.88. The molecule has 0 saturated carbocycles. The first-order valence-corrected chi connectivity index (χ1v) is 12.9. The molecule has 2 heterocycles. The molecule has 3 aromatic rings. The van der Waals surface area contributed by atoms with Crippen molar-refractivity contribution in [3.63, 3.8) is 0 Å². The standard InChI is InChI=1S/C24H24AsClN4O2/c1-24(2)11-6-13-32-21-16(24)7-5-9-19(21)29-23-28-15-18(26)22(30-23)25-17-8-3-4-10-20(17)31-14-12-27/h3-5,7-10,15,25H,6,11,13-14H2,1-2H3,(H,28,29,30). The number of aromatic nitrogens is 2. The molecule has 4 rings (SSSR count). The van der Waals surface area contributed by atoms with Crippen molar-refractivity contribution in [3.05, 3.63) is 59.2 Å². The van der Waals surface area contributed by atoms with Crippen molar-refractivity contribution in [1.29, 1.82) is 5.26 Å². The van der Waals surface area contributed by atoms with E-state index in [4.69, 9.17) is 31.3 Å². The normalized spacial score (nSPS) is 14.8. The van der Waals surface area contributed by atoms with E-state index in [1.54, 1.807) is 6.20 Å². The molecule has 32 heavy (non-hydrogen) atoms. The molecule has 1 aliphatic heterocycles. The second kappa shape index (κ2) is 9.81. The van der Waals surface area contributed by atoms with Crippen molar-refractivity contribution in [2.45, 2.75) is 32.1 Å². The molecule has 1 N–H and O–H groups in total. The number of benzene rings is 2. The molecule has 0 fully saturated rings. The Morgan fingerprint density at radius 1 is 1.25 bits per heavy atom. The van der Waals surface area contributed by atoms with Crippen LogP contribution in [0.25, 0.3) is 0 Å². The monoisotopic (exact) mass is 510 g/mol. The van der Waals surface area contributed by atoms with Gasteiger partial charge in [-0.3, -0.25) is 0 Å². The number of nitrogens with one attached hydrogen (secondary N) is 1. The first-order valence-electron chi connectivity index (χ1n) is 10.4. The number of rotatable bonds is 6. The molecule has 1 aromatic heterocycles. The predicted octanol–water partition coefficient (Wildman–Crippen LogP) is 3.61. The molecular formula is C24H24AsClN4O2. The van der Waals surface area contributed by atoms with Crippen molar-refractivity contribution in [2.24, 2.45) is 0 Å². The van der Waals surface area contributed by atoms with Crippen LogP contribution in [-0.2, 0) is 5.41 Å². The molecule has 0 aliphatic carbocycles. The molecular weight excluding hydrogens is 487 g/mol. The van der Waals surface area contributed by atoms with Gasteiger partial charge in [0.2, 0.25) is 0 Å². The third-order valence-corrected chi connectivity index (χ3v) is 8.70. The molecule has 8 heteroatoms. The van der Waals surface area contributed by atoms with Gasteiger partial charge >= 0.3 is 200 Å². The summed E-state index contributed by atoms with van der Waals surface area (Å²) in [4.78, 5) is 9.11. The third-order valence-electron chi connectivity index (χ3n) is 5.36. The fourth-order valence-electron chi connectivity index (χ4n) is 3.72. The third kappa shape index (κ3) is 5.01. The van der Waals surface area contributed by atoms with E-state index in [9.17, 15) is 0 Å². The summed E-state index contributed by atoms with van der Waals surface area (Å²) in [6.45, 7) is 5.19. The van der Waals surface area contributed by atoms with E-state index in [-0.39, 0.29) is 12.0 Å². The van der Waals surface area contributed by atoms with Crippen molar-refractivity contribution in [1.82, 2.24) is 9.97 Å². The van der Waals surface area contributed by atoms with E-state index in [2.05, 4.69) is 30.2 Å². The van der Waals surface area contributed by atoms with Crippen LogP contribution in [0.5, 0.6) is 11.5 Å². The molecule has 0 amide bonds. The Labute approximate surface area is 199 Å². The molecule has 6 nitrogen and oxygen atoms in total. The van der Waals surface area contributed by atoms with Crippen LogP contribution < -0.4 is 23.6 Å². The Balaban J connectivity index is 1.62. The van der Waals surface area contributed by atoms with Crippen molar-refractivity contribution < 1.29 is 9.47 Å². The molecule has 0 saturated heterocycles. The summed E-state index contributed by atoms with van der Waals surface area (Å²) in [6.07, 6.45) is 3.71. The van der Waals surface area contributed by atoms with Crippen LogP contribution in [0.4, 0.5) is 11.6 Å². The first-order chi connectivity index (χ1) is 15.5. The number of ether oxygens (including phenoxy) is 2. The van der Waals surface area contributed by atoms with Gasteiger partial charge in [-0.2, -0.15) is 0 Å². The van der Waals surface area contributed by atoms with Crippen LogP contribution in [-0.4, -0.2) is 38.9 Å². The molecule has 0 spiro atoms.